The van der Waals surface area contributed by atoms with E-state index in [0.717, 1.165) is 22.3 Å². The van der Waals surface area contributed by atoms with Crippen molar-refractivity contribution in [3.63, 3.8) is 0 Å². The number of imidazole rings is 1. The van der Waals surface area contributed by atoms with Crippen molar-refractivity contribution in [3.05, 3.63) is 95.3 Å². The van der Waals surface area contributed by atoms with Gasteiger partial charge < -0.3 is 9.88 Å². The lowest BCUT2D eigenvalue weighted by Crippen LogP contribution is -2.25. The number of aromatic nitrogens is 3. The molecule has 4 nitrogen and oxygen atoms in total. The van der Waals surface area contributed by atoms with Gasteiger partial charge in [-0.3, -0.25) is 0 Å². The van der Waals surface area contributed by atoms with Gasteiger partial charge in [-0.15, -0.1) is 0 Å². The average Bonchev–Trinajstić information content (AvgIpc) is 3.09. The highest BCUT2D eigenvalue weighted by Crippen LogP contribution is 2.20. The summed E-state index contributed by atoms with van der Waals surface area (Å²) in [6.45, 7) is 1.21. The molecule has 1 N–H and O–H groups in total. The van der Waals surface area contributed by atoms with E-state index in [-0.39, 0.29) is 11.9 Å². The monoisotopic (exact) mass is 380 g/mol. The molecule has 0 spiro atoms. The third kappa shape index (κ3) is 4.15. The second-order valence-electron chi connectivity index (χ2n) is 6.32. The summed E-state index contributed by atoms with van der Waals surface area (Å²) in [6.07, 6.45) is 1.83. The SMILES string of the molecule is Fc1ccc(C(Cn2cnc3ccccc32)NCc2cccc(Cl)n2)cc1. The maximum Gasteiger partial charge on any atom is 0.129 e. The van der Waals surface area contributed by atoms with Gasteiger partial charge in [0.2, 0.25) is 0 Å². The molecule has 0 aliphatic rings. The van der Waals surface area contributed by atoms with Crippen molar-refractivity contribution in [1.29, 1.82) is 0 Å². The minimum Gasteiger partial charge on any atom is -0.329 e. The minimum atomic E-state index is -0.248. The van der Waals surface area contributed by atoms with E-state index < -0.39 is 0 Å². The summed E-state index contributed by atoms with van der Waals surface area (Å²) in [7, 11) is 0. The molecule has 4 rings (SSSR count). The summed E-state index contributed by atoms with van der Waals surface area (Å²) in [5.74, 6) is -0.248. The van der Waals surface area contributed by atoms with Gasteiger partial charge in [-0.25, -0.2) is 14.4 Å². The highest BCUT2D eigenvalue weighted by atomic mass is 35.5. The Kier molecular flexibility index (Phi) is 5.14. The third-order valence-corrected chi connectivity index (χ3v) is 4.69. The predicted molar refractivity (Wildman–Crippen MR) is 105 cm³/mol. The number of nitrogens with one attached hydrogen (secondary N) is 1. The molecule has 2 aromatic carbocycles. The smallest absolute Gasteiger partial charge is 0.129 e. The number of benzene rings is 2. The molecule has 0 aliphatic heterocycles. The molecule has 2 heterocycles. The lowest BCUT2D eigenvalue weighted by molar-refractivity contribution is 0.464. The second kappa shape index (κ2) is 7.86. The Labute approximate surface area is 161 Å². The Morgan fingerprint density at radius 3 is 2.63 bits per heavy atom. The Morgan fingerprint density at radius 1 is 1.00 bits per heavy atom. The zero-order valence-electron chi connectivity index (χ0n) is 14.5. The van der Waals surface area contributed by atoms with Gasteiger partial charge >= 0.3 is 0 Å². The van der Waals surface area contributed by atoms with Crippen molar-refractivity contribution in [2.24, 2.45) is 0 Å². The summed E-state index contributed by atoms with van der Waals surface area (Å²) < 4.78 is 15.5. The van der Waals surface area contributed by atoms with Crippen LogP contribution in [-0.2, 0) is 13.1 Å². The summed E-state index contributed by atoms with van der Waals surface area (Å²) in [4.78, 5) is 8.78. The maximum absolute atomic E-state index is 13.4. The molecule has 0 saturated heterocycles. The predicted octanol–water partition coefficient (Wildman–Crippen LogP) is 4.75. The van der Waals surface area contributed by atoms with Crippen molar-refractivity contribution >= 4 is 22.6 Å². The fourth-order valence-corrected chi connectivity index (χ4v) is 3.29. The van der Waals surface area contributed by atoms with Crippen molar-refractivity contribution in [1.82, 2.24) is 19.9 Å². The molecule has 2 aromatic heterocycles. The van der Waals surface area contributed by atoms with E-state index in [0.29, 0.717) is 18.2 Å². The van der Waals surface area contributed by atoms with E-state index in [1.54, 1.807) is 18.2 Å². The van der Waals surface area contributed by atoms with Gasteiger partial charge in [-0.05, 0) is 42.0 Å². The Morgan fingerprint density at radius 2 is 1.81 bits per heavy atom. The number of nitrogens with zero attached hydrogens (tertiary/aromatic N) is 3. The molecule has 1 unspecified atom stereocenters. The van der Waals surface area contributed by atoms with Crippen LogP contribution in [0, 0.1) is 5.82 Å². The molecule has 136 valence electrons. The summed E-state index contributed by atoms with van der Waals surface area (Å²) in [5, 5.41) is 3.98. The van der Waals surface area contributed by atoms with Crippen LogP contribution in [-0.4, -0.2) is 14.5 Å². The molecule has 0 radical (unpaired) electrons. The first kappa shape index (κ1) is 17.6. The topological polar surface area (TPSA) is 42.7 Å². The normalized spacial score (nSPS) is 12.4. The number of hydrogen-bond donors (Lipinski definition) is 1. The molecule has 0 bridgehead atoms. The van der Waals surface area contributed by atoms with Crippen LogP contribution in [0.4, 0.5) is 4.39 Å². The molecule has 0 aliphatic carbocycles. The zero-order chi connectivity index (χ0) is 18.6. The van der Waals surface area contributed by atoms with Crippen molar-refractivity contribution in [2.75, 3.05) is 0 Å². The molecule has 0 fully saturated rings. The van der Waals surface area contributed by atoms with Crippen LogP contribution in [0.25, 0.3) is 11.0 Å². The van der Waals surface area contributed by atoms with Crippen molar-refractivity contribution in [2.45, 2.75) is 19.1 Å². The summed E-state index contributed by atoms with van der Waals surface area (Å²) in [5.41, 5.74) is 3.86. The van der Waals surface area contributed by atoms with Crippen LogP contribution < -0.4 is 5.32 Å². The lowest BCUT2D eigenvalue weighted by Gasteiger charge is -2.20. The molecule has 0 saturated carbocycles. The van der Waals surface area contributed by atoms with Crippen molar-refractivity contribution in [3.8, 4) is 0 Å². The van der Waals surface area contributed by atoms with E-state index >= 15 is 0 Å². The highest BCUT2D eigenvalue weighted by Gasteiger charge is 2.14. The second-order valence-corrected chi connectivity index (χ2v) is 6.71. The van der Waals surface area contributed by atoms with E-state index in [1.807, 2.05) is 42.7 Å². The number of halogens is 2. The van der Waals surface area contributed by atoms with E-state index in [4.69, 9.17) is 11.6 Å². The molecule has 4 aromatic rings. The van der Waals surface area contributed by atoms with Crippen LogP contribution in [0.5, 0.6) is 0 Å². The number of rotatable bonds is 6. The van der Waals surface area contributed by atoms with Gasteiger partial charge in [0.15, 0.2) is 0 Å². The Hall–Kier alpha value is -2.76. The Balaban J connectivity index is 1.60. The maximum atomic E-state index is 13.4. The van der Waals surface area contributed by atoms with E-state index in [1.165, 1.54) is 12.1 Å². The van der Waals surface area contributed by atoms with Crippen LogP contribution in [0.1, 0.15) is 17.3 Å². The lowest BCUT2D eigenvalue weighted by atomic mass is 10.1. The van der Waals surface area contributed by atoms with Crippen LogP contribution in [0.15, 0.2) is 73.1 Å². The standard InChI is InChI=1S/C21H18ClFN4/c22-21-7-3-4-17(26-21)12-24-19(15-8-10-16(23)11-9-15)13-27-14-25-18-5-1-2-6-20(18)27/h1-11,14,19,24H,12-13H2. The number of pyridine rings is 1. The molecule has 1 atom stereocenters. The molecular weight excluding hydrogens is 363 g/mol. The first-order valence-corrected chi connectivity index (χ1v) is 9.07. The number of para-hydroxylation sites is 2. The van der Waals surface area contributed by atoms with Crippen LogP contribution in [0.2, 0.25) is 5.15 Å². The fraction of sp³-hybridized carbons (Fsp3) is 0.143. The first-order chi connectivity index (χ1) is 13.2. The van der Waals surface area contributed by atoms with Gasteiger partial charge in [0, 0.05) is 13.1 Å². The zero-order valence-corrected chi connectivity index (χ0v) is 15.3. The highest BCUT2D eigenvalue weighted by molar-refractivity contribution is 6.29. The largest absolute Gasteiger partial charge is 0.329 e. The van der Waals surface area contributed by atoms with E-state index in [2.05, 4.69) is 19.9 Å². The molecule has 0 amide bonds. The van der Waals surface area contributed by atoms with Crippen LogP contribution >= 0.6 is 11.6 Å². The molecule has 6 heteroatoms. The quantitative estimate of drug-likeness (QED) is 0.490. The summed E-state index contributed by atoms with van der Waals surface area (Å²) >= 11 is 5.98. The Bertz CT molecular complexity index is 1050. The number of fused-ring (bicyclic) bond motifs is 1. The van der Waals surface area contributed by atoms with Crippen molar-refractivity contribution < 1.29 is 4.39 Å². The number of hydrogen-bond acceptors (Lipinski definition) is 3. The molecular formula is C21H18ClFN4. The first-order valence-electron chi connectivity index (χ1n) is 8.69. The van der Waals surface area contributed by atoms with Gasteiger partial charge in [-0.2, -0.15) is 0 Å². The molecule has 27 heavy (non-hydrogen) atoms. The third-order valence-electron chi connectivity index (χ3n) is 4.48. The van der Waals surface area contributed by atoms with Gasteiger partial charge in [-0.1, -0.05) is 41.9 Å². The summed E-state index contributed by atoms with van der Waals surface area (Å²) in [6, 6.07) is 20.1. The minimum absolute atomic E-state index is 0.0380. The fourth-order valence-electron chi connectivity index (χ4n) is 3.11. The van der Waals surface area contributed by atoms with Crippen LogP contribution in [0.3, 0.4) is 0 Å². The van der Waals surface area contributed by atoms with Gasteiger partial charge in [0.1, 0.15) is 11.0 Å². The van der Waals surface area contributed by atoms with Gasteiger partial charge in [0.25, 0.3) is 0 Å². The average molecular weight is 381 g/mol. The van der Waals surface area contributed by atoms with Gasteiger partial charge in [0.05, 0.1) is 29.1 Å². The van der Waals surface area contributed by atoms with E-state index in [9.17, 15) is 4.39 Å².